The minimum Gasteiger partial charge on any atom is -0.472 e. The van der Waals surface area contributed by atoms with Crippen molar-refractivity contribution in [3.63, 3.8) is 0 Å². The van der Waals surface area contributed by atoms with E-state index in [1.165, 1.54) is 0 Å². The molecule has 0 aliphatic carbocycles. The van der Waals surface area contributed by atoms with Crippen LogP contribution in [0.3, 0.4) is 0 Å². The predicted octanol–water partition coefficient (Wildman–Crippen LogP) is 1.98. The summed E-state index contributed by atoms with van der Waals surface area (Å²) in [6, 6.07) is 5.82. The third-order valence-electron chi connectivity index (χ3n) is 1.55. The molecule has 0 atom stereocenters. The minimum atomic E-state index is -0.189. The molecule has 0 bridgehead atoms. The van der Waals surface area contributed by atoms with E-state index in [1.807, 2.05) is 46.0 Å². The molecule has 0 saturated carbocycles. The highest BCUT2D eigenvalue weighted by Crippen LogP contribution is 2.15. The van der Waals surface area contributed by atoms with Crippen LogP contribution in [-0.4, -0.2) is 17.6 Å². The summed E-state index contributed by atoms with van der Waals surface area (Å²) >= 11 is 0. The number of nitrogens with one attached hydrogen (secondary N) is 1. The number of nitrogens with zero attached hydrogens (tertiary/aromatic N) is 1. The van der Waals surface area contributed by atoms with Crippen LogP contribution in [-0.2, 0) is 6.54 Å². The van der Waals surface area contributed by atoms with Crippen LogP contribution in [0.5, 0.6) is 5.88 Å². The normalized spacial score (nSPS) is 11.4. The fourth-order valence-corrected chi connectivity index (χ4v) is 1.11. The largest absolute Gasteiger partial charge is 0.472 e. The topological polar surface area (TPSA) is 34.1 Å². The van der Waals surface area contributed by atoms with E-state index in [4.69, 9.17) is 4.74 Å². The molecule has 1 heterocycles. The quantitative estimate of drug-likeness (QED) is 0.799. The molecule has 0 amide bonds. The number of pyridine rings is 1. The van der Waals surface area contributed by atoms with E-state index in [9.17, 15) is 0 Å². The maximum absolute atomic E-state index is 5.65. The Labute approximate surface area is 85.5 Å². The molecular formula is C11H18N2O. The van der Waals surface area contributed by atoms with Gasteiger partial charge in [0.2, 0.25) is 5.88 Å². The van der Waals surface area contributed by atoms with Crippen molar-refractivity contribution in [2.75, 3.05) is 7.05 Å². The van der Waals surface area contributed by atoms with E-state index < -0.39 is 0 Å². The van der Waals surface area contributed by atoms with Gasteiger partial charge in [0.15, 0.2) is 0 Å². The lowest BCUT2D eigenvalue weighted by molar-refractivity contribution is 0.124. The van der Waals surface area contributed by atoms with Gasteiger partial charge in [0.25, 0.3) is 0 Å². The van der Waals surface area contributed by atoms with E-state index in [0.717, 1.165) is 12.2 Å². The van der Waals surface area contributed by atoms with Gasteiger partial charge in [-0.15, -0.1) is 0 Å². The van der Waals surface area contributed by atoms with Crippen LogP contribution in [0.15, 0.2) is 18.2 Å². The fraction of sp³-hybridized carbons (Fsp3) is 0.545. The van der Waals surface area contributed by atoms with Crippen LogP contribution in [0.4, 0.5) is 0 Å². The van der Waals surface area contributed by atoms with Crippen molar-refractivity contribution < 1.29 is 4.74 Å². The van der Waals surface area contributed by atoms with Crippen molar-refractivity contribution in [2.45, 2.75) is 32.9 Å². The second-order valence-corrected chi connectivity index (χ2v) is 4.21. The standard InChI is InChI=1S/C11H18N2O/c1-11(2,3)14-10-7-5-6-9(13-10)8-12-4/h5-7,12H,8H2,1-4H3. The molecule has 1 N–H and O–H groups in total. The first kappa shape index (κ1) is 11.0. The predicted molar refractivity (Wildman–Crippen MR) is 57.4 cm³/mol. The molecule has 0 aliphatic rings. The zero-order chi connectivity index (χ0) is 10.6. The molecule has 14 heavy (non-hydrogen) atoms. The molecule has 3 nitrogen and oxygen atoms in total. The van der Waals surface area contributed by atoms with Gasteiger partial charge in [-0.05, 0) is 33.9 Å². The van der Waals surface area contributed by atoms with Crippen molar-refractivity contribution in [1.82, 2.24) is 10.3 Å². The van der Waals surface area contributed by atoms with Gasteiger partial charge in [-0.3, -0.25) is 0 Å². The Bertz CT molecular complexity index is 292. The average molecular weight is 194 g/mol. The van der Waals surface area contributed by atoms with E-state index in [-0.39, 0.29) is 5.60 Å². The Hall–Kier alpha value is -1.09. The Kier molecular flexibility index (Phi) is 3.47. The van der Waals surface area contributed by atoms with Gasteiger partial charge in [-0.2, -0.15) is 0 Å². The molecule has 1 aromatic heterocycles. The molecule has 0 radical (unpaired) electrons. The summed E-state index contributed by atoms with van der Waals surface area (Å²) in [6.45, 7) is 6.81. The first-order valence-corrected chi connectivity index (χ1v) is 4.81. The zero-order valence-electron chi connectivity index (χ0n) is 9.29. The van der Waals surface area contributed by atoms with Gasteiger partial charge < -0.3 is 10.1 Å². The van der Waals surface area contributed by atoms with Gasteiger partial charge in [-0.1, -0.05) is 6.07 Å². The smallest absolute Gasteiger partial charge is 0.213 e. The van der Waals surface area contributed by atoms with Gasteiger partial charge in [0.05, 0.1) is 5.69 Å². The van der Waals surface area contributed by atoms with Crippen molar-refractivity contribution in [3.8, 4) is 5.88 Å². The van der Waals surface area contributed by atoms with Crippen LogP contribution in [0, 0.1) is 0 Å². The molecule has 0 spiro atoms. The minimum absolute atomic E-state index is 0.189. The lowest BCUT2D eigenvalue weighted by Crippen LogP contribution is -2.23. The summed E-state index contributed by atoms with van der Waals surface area (Å²) in [5, 5.41) is 3.06. The lowest BCUT2D eigenvalue weighted by atomic mass is 10.2. The zero-order valence-corrected chi connectivity index (χ0v) is 9.29. The number of hydrogen-bond acceptors (Lipinski definition) is 3. The fourth-order valence-electron chi connectivity index (χ4n) is 1.11. The van der Waals surface area contributed by atoms with Crippen LogP contribution in [0.25, 0.3) is 0 Å². The summed E-state index contributed by atoms with van der Waals surface area (Å²) in [6.07, 6.45) is 0. The Morgan fingerprint density at radius 3 is 2.64 bits per heavy atom. The Balaban J connectivity index is 2.73. The Morgan fingerprint density at radius 1 is 1.36 bits per heavy atom. The lowest BCUT2D eigenvalue weighted by Gasteiger charge is -2.20. The summed E-state index contributed by atoms with van der Waals surface area (Å²) in [7, 11) is 1.90. The van der Waals surface area contributed by atoms with Crippen LogP contribution in [0.2, 0.25) is 0 Å². The second kappa shape index (κ2) is 4.42. The van der Waals surface area contributed by atoms with E-state index >= 15 is 0 Å². The summed E-state index contributed by atoms with van der Waals surface area (Å²) in [5.41, 5.74) is 0.805. The summed E-state index contributed by atoms with van der Waals surface area (Å²) in [4.78, 5) is 4.36. The number of ether oxygens (including phenoxy) is 1. The third-order valence-corrected chi connectivity index (χ3v) is 1.55. The van der Waals surface area contributed by atoms with E-state index in [2.05, 4.69) is 10.3 Å². The second-order valence-electron chi connectivity index (χ2n) is 4.21. The van der Waals surface area contributed by atoms with Gasteiger partial charge >= 0.3 is 0 Å². The first-order valence-electron chi connectivity index (χ1n) is 4.81. The highest BCUT2D eigenvalue weighted by molar-refractivity contribution is 5.16. The summed E-state index contributed by atoms with van der Waals surface area (Å²) < 4.78 is 5.65. The maximum Gasteiger partial charge on any atom is 0.213 e. The average Bonchev–Trinajstić information content (AvgIpc) is 2.02. The Morgan fingerprint density at radius 2 is 2.07 bits per heavy atom. The van der Waals surface area contributed by atoms with Crippen molar-refractivity contribution in [2.24, 2.45) is 0 Å². The highest BCUT2D eigenvalue weighted by Gasteiger charge is 2.12. The highest BCUT2D eigenvalue weighted by atomic mass is 16.5. The molecule has 78 valence electrons. The number of aromatic nitrogens is 1. The van der Waals surface area contributed by atoms with E-state index in [1.54, 1.807) is 0 Å². The molecule has 0 fully saturated rings. The van der Waals surface area contributed by atoms with Gasteiger partial charge in [0, 0.05) is 12.6 Å². The number of hydrogen-bond donors (Lipinski definition) is 1. The maximum atomic E-state index is 5.65. The SMILES string of the molecule is CNCc1cccc(OC(C)(C)C)n1. The number of rotatable bonds is 3. The van der Waals surface area contributed by atoms with Crippen molar-refractivity contribution in [3.05, 3.63) is 23.9 Å². The molecule has 0 aliphatic heterocycles. The van der Waals surface area contributed by atoms with Crippen molar-refractivity contribution in [1.29, 1.82) is 0 Å². The molecule has 1 rings (SSSR count). The molecule has 0 saturated heterocycles. The first-order chi connectivity index (χ1) is 6.51. The molecule has 1 aromatic rings. The van der Waals surface area contributed by atoms with Crippen LogP contribution < -0.4 is 10.1 Å². The van der Waals surface area contributed by atoms with Gasteiger partial charge in [-0.25, -0.2) is 4.98 Å². The van der Waals surface area contributed by atoms with Crippen LogP contribution >= 0.6 is 0 Å². The summed E-state index contributed by atoms with van der Waals surface area (Å²) in [5.74, 6) is 0.685. The molecule has 0 aromatic carbocycles. The monoisotopic (exact) mass is 194 g/mol. The van der Waals surface area contributed by atoms with Crippen LogP contribution in [0.1, 0.15) is 26.5 Å². The molecule has 3 heteroatoms. The third kappa shape index (κ3) is 3.75. The molecular weight excluding hydrogens is 176 g/mol. The van der Waals surface area contributed by atoms with Crippen molar-refractivity contribution >= 4 is 0 Å². The molecule has 0 unspecified atom stereocenters. The van der Waals surface area contributed by atoms with E-state index in [0.29, 0.717) is 5.88 Å². The van der Waals surface area contributed by atoms with Gasteiger partial charge in [0.1, 0.15) is 5.60 Å².